The van der Waals surface area contributed by atoms with E-state index < -0.39 is 24.3 Å². The quantitative estimate of drug-likeness (QED) is 0.543. The molecule has 6 heteroatoms. The van der Waals surface area contributed by atoms with Gasteiger partial charge in [0, 0.05) is 0 Å². The fraction of sp³-hybridized carbons (Fsp3) is 0.200. The van der Waals surface area contributed by atoms with Crippen LogP contribution in [0.1, 0.15) is 6.42 Å². The van der Waals surface area contributed by atoms with E-state index in [0.29, 0.717) is 0 Å². The lowest BCUT2D eigenvalue weighted by atomic mass is 10.2. The number of carbonyl (C=O) groups is 2. The van der Waals surface area contributed by atoms with Crippen molar-refractivity contribution in [2.24, 2.45) is 5.73 Å². The molecular formula is C10H12N2O4. The van der Waals surface area contributed by atoms with Gasteiger partial charge in [-0.3, -0.25) is 9.59 Å². The van der Waals surface area contributed by atoms with Gasteiger partial charge in [0.15, 0.2) is 0 Å². The SMILES string of the molecule is NC(CC(=O)O)C(=O)Nc1ccccc1O. The summed E-state index contributed by atoms with van der Waals surface area (Å²) in [4.78, 5) is 21.7. The van der Waals surface area contributed by atoms with Crippen LogP contribution in [-0.2, 0) is 9.59 Å². The molecule has 1 amide bonds. The molecule has 0 saturated carbocycles. The first kappa shape index (κ1) is 12.0. The summed E-state index contributed by atoms with van der Waals surface area (Å²) in [6, 6.07) is 4.97. The summed E-state index contributed by atoms with van der Waals surface area (Å²) in [6.07, 6.45) is -0.459. The van der Waals surface area contributed by atoms with Crippen molar-refractivity contribution in [3.05, 3.63) is 24.3 Å². The van der Waals surface area contributed by atoms with Crippen LogP contribution in [0.2, 0.25) is 0 Å². The Labute approximate surface area is 91.7 Å². The van der Waals surface area contributed by atoms with Gasteiger partial charge in [0.25, 0.3) is 0 Å². The summed E-state index contributed by atoms with van der Waals surface area (Å²) in [6.45, 7) is 0. The Morgan fingerprint density at radius 2 is 2.00 bits per heavy atom. The monoisotopic (exact) mass is 224 g/mol. The normalized spacial score (nSPS) is 11.8. The number of hydrogen-bond donors (Lipinski definition) is 4. The lowest BCUT2D eigenvalue weighted by Gasteiger charge is -2.10. The fourth-order valence-electron chi connectivity index (χ4n) is 1.09. The third-order valence-corrected chi connectivity index (χ3v) is 1.89. The van der Waals surface area contributed by atoms with Gasteiger partial charge in [-0.1, -0.05) is 12.1 Å². The molecule has 0 aliphatic rings. The van der Waals surface area contributed by atoms with Crippen LogP contribution in [0.4, 0.5) is 5.69 Å². The van der Waals surface area contributed by atoms with Crippen molar-refractivity contribution >= 4 is 17.6 Å². The number of aliphatic carboxylic acids is 1. The van der Waals surface area contributed by atoms with E-state index in [1.54, 1.807) is 12.1 Å². The topological polar surface area (TPSA) is 113 Å². The van der Waals surface area contributed by atoms with Crippen LogP contribution >= 0.6 is 0 Å². The van der Waals surface area contributed by atoms with Gasteiger partial charge in [-0.2, -0.15) is 0 Å². The summed E-state index contributed by atoms with van der Waals surface area (Å²) in [5.74, 6) is -1.90. The maximum Gasteiger partial charge on any atom is 0.305 e. The molecule has 0 spiro atoms. The number of hydrogen-bond acceptors (Lipinski definition) is 4. The second-order valence-corrected chi connectivity index (χ2v) is 3.21. The number of phenols is 1. The number of amides is 1. The van der Waals surface area contributed by atoms with Gasteiger partial charge in [-0.05, 0) is 12.1 Å². The molecule has 16 heavy (non-hydrogen) atoms. The zero-order chi connectivity index (χ0) is 12.1. The van der Waals surface area contributed by atoms with E-state index >= 15 is 0 Å². The van der Waals surface area contributed by atoms with Crippen molar-refractivity contribution in [1.29, 1.82) is 0 Å². The average Bonchev–Trinajstić information content (AvgIpc) is 2.20. The minimum atomic E-state index is -1.15. The van der Waals surface area contributed by atoms with Crippen molar-refractivity contribution in [3.63, 3.8) is 0 Å². The second-order valence-electron chi connectivity index (χ2n) is 3.21. The Morgan fingerprint density at radius 1 is 1.38 bits per heavy atom. The first-order chi connectivity index (χ1) is 7.50. The molecule has 0 heterocycles. The number of para-hydroxylation sites is 2. The maximum atomic E-state index is 11.4. The molecule has 6 nitrogen and oxygen atoms in total. The smallest absolute Gasteiger partial charge is 0.305 e. The van der Waals surface area contributed by atoms with Gasteiger partial charge in [-0.15, -0.1) is 0 Å². The molecule has 1 aromatic carbocycles. The lowest BCUT2D eigenvalue weighted by Crippen LogP contribution is -2.37. The molecule has 5 N–H and O–H groups in total. The molecular weight excluding hydrogens is 212 g/mol. The highest BCUT2D eigenvalue weighted by atomic mass is 16.4. The lowest BCUT2D eigenvalue weighted by molar-refractivity contribution is -0.138. The molecule has 1 aromatic rings. The van der Waals surface area contributed by atoms with Crippen LogP contribution in [0.15, 0.2) is 24.3 Å². The third kappa shape index (κ3) is 3.25. The molecule has 0 bridgehead atoms. The van der Waals surface area contributed by atoms with Crippen LogP contribution < -0.4 is 11.1 Å². The van der Waals surface area contributed by atoms with E-state index in [9.17, 15) is 14.7 Å². The Balaban J connectivity index is 2.64. The number of nitrogens with two attached hydrogens (primary N) is 1. The molecule has 0 fully saturated rings. The van der Waals surface area contributed by atoms with Crippen molar-refractivity contribution < 1.29 is 19.8 Å². The van der Waals surface area contributed by atoms with E-state index in [4.69, 9.17) is 10.8 Å². The number of anilines is 1. The Bertz CT molecular complexity index is 406. The zero-order valence-electron chi connectivity index (χ0n) is 8.38. The van der Waals surface area contributed by atoms with Crippen molar-refractivity contribution in [2.75, 3.05) is 5.32 Å². The van der Waals surface area contributed by atoms with Crippen LogP contribution in [0, 0.1) is 0 Å². The highest BCUT2D eigenvalue weighted by Gasteiger charge is 2.17. The predicted molar refractivity (Wildman–Crippen MR) is 57.0 cm³/mol. The maximum absolute atomic E-state index is 11.4. The number of rotatable bonds is 4. The summed E-state index contributed by atoms with van der Waals surface area (Å²) >= 11 is 0. The second kappa shape index (κ2) is 5.13. The third-order valence-electron chi connectivity index (χ3n) is 1.89. The minimum Gasteiger partial charge on any atom is -0.506 e. The Morgan fingerprint density at radius 3 is 2.56 bits per heavy atom. The standard InChI is InChI=1S/C10H12N2O4/c11-6(5-9(14)15)10(16)12-7-3-1-2-4-8(7)13/h1-4,6,13H,5,11H2,(H,12,16)(H,14,15). The Kier molecular flexibility index (Phi) is 3.84. The molecule has 0 radical (unpaired) electrons. The number of benzene rings is 1. The average molecular weight is 224 g/mol. The Hall–Kier alpha value is -2.08. The molecule has 0 aliphatic carbocycles. The van der Waals surface area contributed by atoms with Gasteiger partial charge in [0.1, 0.15) is 5.75 Å². The summed E-state index contributed by atoms with van der Waals surface area (Å²) in [5.41, 5.74) is 5.54. The zero-order valence-corrected chi connectivity index (χ0v) is 8.38. The molecule has 0 aromatic heterocycles. The van der Waals surface area contributed by atoms with Crippen molar-refractivity contribution in [2.45, 2.75) is 12.5 Å². The van der Waals surface area contributed by atoms with Crippen LogP contribution in [-0.4, -0.2) is 28.1 Å². The van der Waals surface area contributed by atoms with E-state index in [-0.39, 0.29) is 11.4 Å². The summed E-state index contributed by atoms with van der Waals surface area (Å²) in [7, 11) is 0. The number of nitrogens with one attached hydrogen (secondary N) is 1. The number of aromatic hydroxyl groups is 1. The molecule has 0 aliphatic heterocycles. The van der Waals surface area contributed by atoms with Gasteiger partial charge >= 0.3 is 5.97 Å². The van der Waals surface area contributed by atoms with Gasteiger partial charge < -0.3 is 21.3 Å². The number of phenolic OH excluding ortho intramolecular Hbond substituents is 1. The molecule has 1 unspecified atom stereocenters. The van der Waals surface area contributed by atoms with Crippen molar-refractivity contribution in [3.8, 4) is 5.75 Å². The van der Waals surface area contributed by atoms with E-state index in [2.05, 4.69) is 5.32 Å². The van der Waals surface area contributed by atoms with Gasteiger partial charge in [0.05, 0.1) is 18.2 Å². The molecule has 86 valence electrons. The molecule has 0 saturated heterocycles. The fourth-order valence-corrected chi connectivity index (χ4v) is 1.09. The van der Waals surface area contributed by atoms with E-state index in [0.717, 1.165) is 0 Å². The van der Waals surface area contributed by atoms with E-state index in [1.807, 2.05) is 0 Å². The predicted octanol–water partition coefficient (Wildman–Crippen LogP) is 0.133. The van der Waals surface area contributed by atoms with Crippen molar-refractivity contribution in [1.82, 2.24) is 0 Å². The molecule has 1 atom stereocenters. The number of carboxylic acid groups (broad SMARTS) is 1. The largest absolute Gasteiger partial charge is 0.506 e. The van der Waals surface area contributed by atoms with Crippen LogP contribution in [0.5, 0.6) is 5.75 Å². The number of carbonyl (C=O) groups excluding carboxylic acids is 1. The molecule has 1 rings (SSSR count). The first-order valence-electron chi connectivity index (χ1n) is 4.57. The van der Waals surface area contributed by atoms with E-state index in [1.165, 1.54) is 12.1 Å². The van der Waals surface area contributed by atoms with Crippen LogP contribution in [0.3, 0.4) is 0 Å². The minimum absolute atomic E-state index is 0.0987. The summed E-state index contributed by atoms with van der Waals surface area (Å²) in [5, 5.41) is 20.1. The first-order valence-corrected chi connectivity index (χ1v) is 4.57. The highest BCUT2D eigenvalue weighted by Crippen LogP contribution is 2.21. The van der Waals surface area contributed by atoms with Crippen LogP contribution in [0.25, 0.3) is 0 Å². The summed E-state index contributed by atoms with van der Waals surface area (Å²) < 4.78 is 0. The highest BCUT2D eigenvalue weighted by molar-refractivity contribution is 5.97. The number of carboxylic acids is 1. The van der Waals surface area contributed by atoms with Gasteiger partial charge in [-0.25, -0.2) is 0 Å². The van der Waals surface area contributed by atoms with Gasteiger partial charge in [0.2, 0.25) is 5.91 Å².